The van der Waals surface area contributed by atoms with E-state index in [4.69, 9.17) is 16.0 Å². The quantitative estimate of drug-likeness (QED) is 0.755. The Kier molecular flexibility index (Phi) is 4.43. The van der Waals surface area contributed by atoms with Crippen molar-refractivity contribution in [1.82, 2.24) is 4.90 Å². The molecule has 0 N–H and O–H groups in total. The minimum atomic E-state index is -0.488. The molecule has 1 fully saturated rings. The predicted molar refractivity (Wildman–Crippen MR) is 82.6 cm³/mol. The van der Waals surface area contributed by atoms with E-state index in [2.05, 4.69) is 20.8 Å². The first kappa shape index (κ1) is 15.6. The average Bonchev–Trinajstić information content (AvgIpc) is 2.30. The largest absolute Gasteiger partial charge is 0.488 e. The van der Waals surface area contributed by atoms with E-state index in [1.807, 2.05) is 26.8 Å². The Morgan fingerprint density at radius 3 is 2.62 bits per heavy atom. The van der Waals surface area contributed by atoms with Gasteiger partial charge >= 0.3 is 6.09 Å². The fourth-order valence-electron chi connectivity index (χ4n) is 1.86. The number of carbonyl (C=O) groups excluding carboxylic acids is 1. The molecule has 0 radical (unpaired) electrons. The lowest BCUT2D eigenvalue weighted by Crippen LogP contribution is -2.57. The van der Waals surface area contributed by atoms with Crippen LogP contribution in [0.5, 0.6) is 5.75 Å². The lowest BCUT2D eigenvalue weighted by atomic mass is 10.1. The highest BCUT2D eigenvalue weighted by atomic mass is 79.9. The molecule has 0 aromatic heterocycles. The van der Waals surface area contributed by atoms with Gasteiger partial charge in [0.1, 0.15) is 17.5 Å². The molecule has 21 heavy (non-hydrogen) atoms. The summed E-state index contributed by atoms with van der Waals surface area (Å²) >= 11 is 3.34. The first-order valence-electron chi connectivity index (χ1n) is 6.59. The number of amides is 1. The molecule has 1 aliphatic rings. The molecule has 1 saturated heterocycles. The second kappa shape index (κ2) is 5.94. The SMILES string of the molecule is [C-]#[N+]c1cc(Br)cc(OC2CN(C(=O)OC(C)(C)C)C2)c1. The van der Waals surface area contributed by atoms with Crippen molar-refractivity contribution in [2.75, 3.05) is 13.1 Å². The first-order chi connectivity index (χ1) is 9.76. The third kappa shape index (κ3) is 4.36. The fourth-order valence-corrected chi connectivity index (χ4v) is 2.32. The molecule has 5 nitrogen and oxygen atoms in total. The zero-order valence-electron chi connectivity index (χ0n) is 12.2. The maximum Gasteiger partial charge on any atom is 0.410 e. The molecule has 1 aliphatic heterocycles. The van der Waals surface area contributed by atoms with Gasteiger partial charge in [0.25, 0.3) is 0 Å². The summed E-state index contributed by atoms with van der Waals surface area (Å²) in [6.45, 7) is 13.5. The summed E-state index contributed by atoms with van der Waals surface area (Å²) in [5.41, 5.74) is 0.0281. The number of likely N-dealkylation sites (tertiary alicyclic amines) is 1. The van der Waals surface area contributed by atoms with Gasteiger partial charge in [-0.2, -0.15) is 0 Å². The minimum absolute atomic E-state index is 0.0644. The monoisotopic (exact) mass is 352 g/mol. The van der Waals surface area contributed by atoms with Crippen LogP contribution in [0.25, 0.3) is 4.85 Å². The van der Waals surface area contributed by atoms with Crippen LogP contribution in [0.2, 0.25) is 0 Å². The molecule has 0 atom stereocenters. The number of carbonyl (C=O) groups is 1. The maximum absolute atomic E-state index is 11.8. The summed E-state index contributed by atoms with van der Waals surface area (Å²) < 4.78 is 11.8. The van der Waals surface area contributed by atoms with Crippen LogP contribution in [0.3, 0.4) is 0 Å². The number of ether oxygens (including phenoxy) is 2. The van der Waals surface area contributed by atoms with E-state index in [1.54, 1.807) is 17.0 Å². The molecule has 2 rings (SSSR count). The van der Waals surface area contributed by atoms with Crippen molar-refractivity contribution in [3.05, 3.63) is 34.1 Å². The van der Waals surface area contributed by atoms with Gasteiger partial charge in [0.05, 0.1) is 19.7 Å². The summed E-state index contributed by atoms with van der Waals surface area (Å²) in [7, 11) is 0. The maximum atomic E-state index is 11.8. The number of hydrogen-bond acceptors (Lipinski definition) is 3. The highest BCUT2D eigenvalue weighted by Gasteiger charge is 2.35. The molecule has 0 unspecified atom stereocenters. The van der Waals surface area contributed by atoms with Crippen LogP contribution >= 0.6 is 15.9 Å². The number of halogens is 1. The lowest BCUT2D eigenvalue weighted by molar-refractivity contribution is -0.0221. The van der Waals surface area contributed by atoms with Gasteiger partial charge < -0.3 is 14.4 Å². The van der Waals surface area contributed by atoms with Gasteiger partial charge in [-0.3, -0.25) is 0 Å². The van der Waals surface area contributed by atoms with E-state index in [1.165, 1.54) is 0 Å². The van der Waals surface area contributed by atoms with Crippen LogP contribution < -0.4 is 4.74 Å². The van der Waals surface area contributed by atoms with Crippen molar-refractivity contribution in [1.29, 1.82) is 0 Å². The Morgan fingerprint density at radius 1 is 1.38 bits per heavy atom. The number of hydrogen-bond donors (Lipinski definition) is 0. The van der Waals surface area contributed by atoms with Gasteiger partial charge in [0.15, 0.2) is 5.69 Å². The average molecular weight is 353 g/mol. The molecular formula is C15H17BrN2O3. The number of nitrogens with zero attached hydrogens (tertiary/aromatic N) is 2. The van der Waals surface area contributed by atoms with Crippen molar-refractivity contribution >= 4 is 27.7 Å². The lowest BCUT2D eigenvalue weighted by Gasteiger charge is -2.39. The molecule has 1 aromatic carbocycles. The van der Waals surface area contributed by atoms with E-state index in [0.29, 0.717) is 24.5 Å². The molecule has 0 aliphatic carbocycles. The van der Waals surface area contributed by atoms with Crippen molar-refractivity contribution < 1.29 is 14.3 Å². The van der Waals surface area contributed by atoms with Crippen molar-refractivity contribution in [2.24, 2.45) is 0 Å². The van der Waals surface area contributed by atoms with Crippen LogP contribution in [0.1, 0.15) is 20.8 Å². The smallest absolute Gasteiger partial charge is 0.410 e. The molecule has 112 valence electrons. The van der Waals surface area contributed by atoms with Crippen molar-refractivity contribution in [3.8, 4) is 5.75 Å². The Morgan fingerprint density at radius 2 is 2.05 bits per heavy atom. The van der Waals surface area contributed by atoms with Gasteiger partial charge in [-0.05, 0) is 39.0 Å². The molecule has 1 heterocycles. The Balaban J connectivity index is 1.87. The Hall–Kier alpha value is -1.74. The summed E-state index contributed by atoms with van der Waals surface area (Å²) in [4.78, 5) is 16.8. The van der Waals surface area contributed by atoms with E-state index in [-0.39, 0.29) is 12.2 Å². The summed E-state index contributed by atoms with van der Waals surface area (Å²) in [5, 5.41) is 0. The topological polar surface area (TPSA) is 43.1 Å². The van der Waals surface area contributed by atoms with E-state index < -0.39 is 5.60 Å². The Labute approximate surface area is 132 Å². The molecular weight excluding hydrogens is 336 g/mol. The second-order valence-corrected chi connectivity index (χ2v) is 6.80. The van der Waals surface area contributed by atoms with Crippen LogP contribution in [-0.4, -0.2) is 35.8 Å². The second-order valence-electron chi connectivity index (χ2n) is 5.88. The van der Waals surface area contributed by atoms with Gasteiger partial charge in [0.2, 0.25) is 0 Å². The molecule has 0 saturated carbocycles. The number of rotatable bonds is 2. The zero-order valence-corrected chi connectivity index (χ0v) is 13.8. The molecule has 1 amide bonds. The van der Waals surface area contributed by atoms with Crippen LogP contribution in [0.4, 0.5) is 10.5 Å². The summed E-state index contributed by atoms with van der Waals surface area (Å²) in [6, 6.07) is 5.23. The highest BCUT2D eigenvalue weighted by Crippen LogP contribution is 2.28. The van der Waals surface area contributed by atoms with Crippen LogP contribution in [-0.2, 0) is 4.74 Å². The third-order valence-electron chi connectivity index (χ3n) is 2.79. The Bertz CT molecular complexity index is 584. The van der Waals surface area contributed by atoms with E-state index >= 15 is 0 Å². The predicted octanol–water partition coefficient (Wildman–Crippen LogP) is 4.00. The molecule has 1 aromatic rings. The van der Waals surface area contributed by atoms with Gasteiger partial charge in [-0.25, -0.2) is 9.64 Å². The van der Waals surface area contributed by atoms with E-state index in [0.717, 1.165) is 4.47 Å². The van der Waals surface area contributed by atoms with Crippen molar-refractivity contribution in [2.45, 2.75) is 32.5 Å². The normalized spacial score (nSPS) is 15.1. The fraction of sp³-hybridized carbons (Fsp3) is 0.467. The van der Waals surface area contributed by atoms with Gasteiger partial charge in [-0.15, -0.1) is 0 Å². The highest BCUT2D eigenvalue weighted by molar-refractivity contribution is 9.10. The molecule has 6 heteroatoms. The van der Waals surface area contributed by atoms with Crippen LogP contribution in [0.15, 0.2) is 22.7 Å². The van der Waals surface area contributed by atoms with E-state index in [9.17, 15) is 4.79 Å². The van der Waals surface area contributed by atoms with Crippen molar-refractivity contribution in [3.63, 3.8) is 0 Å². The molecule has 0 spiro atoms. The first-order valence-corrected chi connectivity index (χ1v) is 7.39. The van der Waals surface area contributed by atoms with Crippen LogP contribution in [0, 0.1) is 6.57 Å². The summed E-state index contributed by atoms with van der Waals surface area (Å²) in [6.07, 6.45) is -0.385. The minimum Gasteiger partial charge on any atom is -0.488 e. The van der Waals surface area contributed by atoms with Gasteiger partial charge in [0, 0.05) is 4.47 Å². The third-order valence-corrected chi connectivity index (χ3v) is 3.25. The summed E-state index contributed by atoms with van der Waals surface area (Å²) in [5.74, 6) is 0.629. The zero-order chi connectivity index (χ0) is 15.6. The standard InChI is InChI=1S/C15H17BrN2O3/c1-15(2,3)21-14(19)18-8-13(9-18)20-12-6-10(16)5-11(7-12)17-4/h5-7,13H,8-9H2,1-3H3. The van der Waals surface area contributed by atoms with Gasteiger partial charge in [-0.1, -0.05) is 15.9 Å². The number of benzene rings is 1. The molecule has 0 bridgehead atoms.